The van der Waals surface area contributed by atoms with Crippen LogP contribution >= 0.6 is 22.9 Å². The van der Waals surface area contributed by atoms with Crippen molar-refractivity contribution < 1.29 is 31.4 Å². The van der Waals surface area contributed by atoms with E-state index in [4.69, 9.17) is 31.8 Å². The molecule has 8 nitrogen and oxygen atoms in total. The Hall–Kier alpha value is -3.67. The van der Waals surface area contributed by atoms with Gasteiger partial charge >= 0.3 is 6.01 Å². The van der Waals surface area contributed by atoms with Crippen molar-refractivity contribution in [3.63, 3.8) is 0 Å². The van der Waals surface area contributed by atoms with E-state index in [1.165, 1.54) is 6.07 Å². The third kappa shape index (κ3) is 4.91. The average molecular weight is 705 g/mol. The third-order valence-electron chi connectivity index (χ3n) is 10.4. The largest absolute Gasteiger partial charge is 0.489 e. The highest BCUT2D eigenvalue weighted by Crippen LogP contribution is 2.52. The number of piperidine rings is 1. The summed E-state index contributed by atoms with van der Waals surface area (Å²) in [5.41, 5.74) is 5.33. The van der Waals surface area contributed by atoms with E-state index in [9.17, 15) is 22.8 Å². The van der Waals surface area contributed by atoms with Crippen LogP contribution in [0.1, 0.15) is 44.1 Å². The highest BCUT2D eigenvalue weighted by atomic mass is 35.5. The fourth-order valence-electron chi connectivity index (χ4n) is 8.25. The number of nitrogens with two attached hydrogens (primary N) is 1. The molecule has 3 unspecified atom stereocenters. The normalized spacial score (nSPS) is 25.3. The molecule has 6 heterocycles. The summed E-state index contributed by atoms with van der Waals surface area (Å²) < 4.78 is 85.9. The van der Waals surface area contributed by atoms with Gasteiger partial charge in [0.25, 0.3) is 0 Å². The molecular formula is C33H30ClF5N6O2S. The second-order valence-electron chi connectivity index (χ2n) is 13.2. The van der Waals surface area contributed by atoms with Crippen molar-refractivity contribution in [3.05, 3.63) is 34.4 Å². The van der Waals surface area contributed by atoms with Crippen LogP contribution in [0, 0.1) is 28.9 Å². The number of ether oxygens (including phenoxy) is 2. The lowest BCUT2D eigenvalue weighted by molar-refractivity contribution is 0.0995. The Morgan fingerprint density at radius 1 is 1.23 bits per heavy atom. The quantitative estimate of drug-likeness (QED) is 0.206. The van der Waals surface area contributed by atoms with E-state index in [0.29, 0.717) is 38.2 Å². The van der Waals surface area contributed by atoms with Crippen LogP contribution in [0.5, 0.6) is 11.8 Å². The van der Waals surface area contributed by atoms with E-state index in [2.05, 4.69) is 9.88 Å². The molecule has 3 fully saturated rings. The number of nitrogen functional groups attached to an aromatic ring is 1. The fraction of sp³-hybridized carbons (Fsp3) is 0.485. The van der Waals surface area contributed by atoms with Gasteiger partial charge in [-0.1, -0.05) is 17.7 Å². The molecule has 15 heteroatoms. The van der Waals surface area contributed by atoms with E-state index in [1.54, 1.807) is 0 Å². The number of aromatic nitrogens is 2. The van der Waals surface area contributed by atoms with Gasteiger partial charge in [-0.05, 0) is 49.8 Å². The van der Waals surface area contributed by atoms with Gasteiger partial charge in [-0.25, -0.2) is 22.0 Å². The zero-order chi connectivity index (χ0) is 33.5. The molecule has 4 aliphatic heterocycles. The molecule has 0 bridgehead atoms. The zero-order valence-electron chi connectivity index (χ0n) is 25.5. The van der Waals surface area contributed by atoms with Crippen LogP contribution in [0.2, 0.25) is 5.02 Å². The molecule has 2 aromatic heterocycles. The summed E-state index contributed by atoms with van der Waals surface area (Å²) in [5, 5.41) is 10.2. The van der Waals surface area contributed by atoms with Crippen molar-refractivity contribution >= 4 is 54.7 Å². The topological polar surface area (TPSA) is 101 Å². The molecular weight excluding hydrogens is 675 g/mol. The maximum Gasteiger partial charge on any atom is 0.319 e. The Labute approximate surface area is 281 Å². The van der Waals surface area contributed by atoms with Crippen molar-refractivity contribution in [2.75, 3.05) is 43.5 Å². The first kappa shape index (κ1) is 31.6. The van der Waals surface area contributed by atoms with Crippen molar-refractivity contribution in [1.82, 2.24) is 14.9 Å². The van der Waals surface area contributed by atoms with Crippen LogP contribution in [0.3, 0.4) is 0 Å². The van der Waals surface area contributed by atoms with Gasteiger partial charge < -0.3 is 20.1 Å². The number of halogens is 6. The Morgan fingerprint density at radius 2 is 2.06 bits per heavy atom. The van der Waals surface area contributed by atoms with Crippen molar-refractivity contribution in [1.29, 1.82) is 5.26 Å². The summed E-state index contributed by atoms with van der Waals surface area (Å²) in [6.07, 6.45) is -0.873. The van der Waals surface area contributed by atoms with Gasteiger partial charge in [0.05, 0.1) is 32.3 Å². The lowest BCUT2D eigenvalue weighted by Crippen LogP contribution is -2.46. The number of nitrogens with zero attached hydrogens (tertiary/aromatic N) is 5. The first-order valence-corrected chi connectivity index (χ1v) is 17.1. The number of anilines is 2. The van der Waals surface area contributed by atoms with Crippen LogP contribution < -0.4 is 20.1 Å². The number of rotatable bonds is 6. The number of nitriles is 1. The van der Waals surface area contributed by atoms with Crippen molar-refractivity contribution in [2.24, 2.45) is 5.92 Å². The zero-order valence-corrected chi connectivity index (χ0v) is 27.1. The molecule has 4 aromatic rings. The first-order valence-electron chi connectivity index (χ1n) is 15.9. The lowest BCUT2D eigenvalue weighted by Gasteiger charge is -2.39. The summed E-state index contributed by atoms with van der Waals surface area (Å²) in [6.45, 7) is 1.59. The Morgan fingerprint density at radius 3 is 2.85 bits per heavy atom. The number of hydrogen-bond donors (Lipinski definition) is 1. The highest BCUT2D eigenvalue weighted by Gasteiger charge is 2.49. The van der Waals surface area contributed by atoms with Crippen LogP contribution in [0.25, 0.3) is 32.1 Å². The summed E-state index contributed by atoms with van der Waals surface area (Å²) in [6, 6.07) is 3.98. The minimum atomic E-state index is -2.45. The summed E-state index contributed by atoms with van der Waals surface area (Å²) in [7, 11) is 0. The van der Waals surface area contributed by atoms with Gasteiger partial charge in [-0.2, -0.15) is 15.2 Å². The van der Waals surface area contributed by atoms with E-state index in [1.807, 2.05) is 11.0 Å². The average Bonchev–Trinajstić information content (AvgIpc) is 3.66. The van der Waals surface area contributed by atoms with E-state index < -0.39 is 29.8 Å². The van der Waals surface area contributed by atoms with Crippen LogP contribution in [0.4, 0.5) is 32.8 Å². The molecule has 8 rings (SSSR count). The molecule has 2 aromatic carbocycles. The maximum absolute atomic E-state index is 17.1. The van der Waals surface area contributed by atoms with E-state index in [-0.39, 0.29) is 91.1 Å². The van der Waals surface area contributed by atoms with Crippen molar-refractivity contribution in [3.8, 4) is 29.0 Å². The second-order valence-corrected chi connectivity index (χ2v) is 14.6. The number of fused-ring (bicyclic) bond motifs is 4. The minimum absolute atomic E-state index is 0.00967. The summed E-state index contributed by atoms with van der Waals surface area (Å²) >= 11 is 7.86. The van der Waals surface area contributed by atoms with E-state index in [0.717, 1.165) is 36.8 Å². The molecule has 4 atom stereocenters. The van der Waals surface area contributed by atoms with Crippen LogP contribution in [-0.4, -0.2) is 71.9 Å². The highest BCUT2D eigenvalue weighted by molar-refractivity contribution is 7.23. The molecule has 0 aliphatic carbocycles. The first-order chi connectivity index (χ1) is 23.1. The van der Waals surface area contributed by atoms with Crippen LogP contribution in [0.15, 0.2) is 12.1 Å². The minimum Gasteiger partial charge on any atom is -0.489 e. The molecule has 0 amide bonds. The molecule has 48 heavy (non-hydrogen) atoms. The van der Waals surface area contributed by atoms with Gasteiger partial charge in [-0.3, -0.25) is 4.90 Å². The predicted molar refractivity (Wildman–Crippen MR) is 173 cm³/mol. The van der Waals surface area contributed by atoms with Crippen molar-refractivity contribution in [2.45, 2.75) is 62.7 Å². The fourth-order valence-corrected chi connectivity index (χ4v) is 9.54. The Bertz CT molecular complexity index is 2010. The van der Waals surface area contributed by atoms with Gasteiger partial charge in [0.2, 0.25) is 6.43 Å². The number of hydrogen-bond acceptors (Lipinski definition) is 9. The Kier molecular flexibility index (Phi) is 7.72. The number of alkyl halides is 3. The number of thiophene rings is 1. The smallest absolute Gasteiger partial charge is 0.319 e. The lowest BCUT2D eigenvalue weighted by atomic mass is 9.88. The molecule has 0 spiro atoms. The second kappa shape index (κ2) is 11.7. The van der Waals surface area contributed by atoms with Gasteiger partial charge in [0, 0.05) is 36.9 Å². The number of benzene rings is 2. The summed E-state index contributed by atoms with van der Waals surface area (Å²) in [5.74, 6) is -1.37. The van der Waals surface area contributed by atoms with Crippen LogP contribution in [-0.2, 0) is 0 Å². The molecule has 2 N–H and O–H groups in total. The molecule has 252 valence electrons. The predicted octanol–water partition coefficient (Wildman–Crippen LogP) is 7.48. The molecule has 3 saturated heterocycles. The molecule has 0 saturated carbocycles. The maximum atomic E-state index is 17.1. The standard InChI is InChI=1S/C33H30ClF5N6O2S/c34-25-23(18-2-3-20(36)29-22(18)19(11-40)30(41)48-29)26(39)27-24-28(25)46-13-17-8-15(9-21(37)38)4-7-45(17)31(24)43-32(42-27)47-14-33-5-1-6-44(33)12-16(35)10-33/h2-3,15-17,21H,1,4-10,12-14,41H2/t15?,16-,17?,33?/m1/s1. The van der Waals surface area contributed by atoms with Gasteiger partial charge in [-0.15, -0.1) is 11.3 Å². The summed E-state index contributed by atoms with van der Waals surface area (Å²) in [4.78, 5) is 13.3. The monoisotopic (exact) mass is 704 g/mol. The van der Waals surface area contributed by atoms with E-state index >= 15 is 4.39 Å². The third-order valence-corrected chi connectivity index (χ3v) is 11.8. The SMILES string of the molecule is N#Cc1c(N)sc2c(F)ccc(-c3c(Cl)c4c5c(nc(OCC67CCCN6C[C@H](F)C7)nc5c3F)N3CCC(CC(F)F)CC3CO4)c12. The van der Waals surface area contributed by atoms with Gasteiger partial charge in [0.15, 0.2) is 11.6 Å². The molecule has 4 aliphatic rings. The molecule has 0 radical (unpaired) electrons. The van der Waals surface area contributed by atoms with Gasteiger partial charge in [0.1, 0.15) is 47.6 Å². The Balaban J connectivity index is 1.31.